The number of hydrogen-bond donors (Lipinski definition) is 0. The highest BCUT2D eigenvalue weighted by Crippen LogP contribution is 2.45. The summed E-state index contributed by atoms with van der Waals surface area (Å²) in [6.45, 7) is 7.53. The van der Waals surface area contributed by atoms with E-state index in [-0.39, 0.29) is 36.9 Å². The lowest BCUT2D eigenvalue weighted by Crippen LogP contribution is -2.46. The van der Waals surface area contributed by atoms with E-state index in [0.29, 0.717) is 5.57 Å². The molecule has 0 N–H and O–H groups in total. The maximum Gasteiger partial charge on any atom is 0.334 e. The van der Waals surface area contributed by atoms with Crippen LogP contribution in [0.3, 0.4) is 0 Å². The Bertz CT molecular complexity index is 551. The zero-order chi connectivity index (χ0) is 18.3. The third kappa shape index (κ3) is 4.21. The van der Waals surface area contributed by atoms with Crippen LogP contribution in [-0.2, 0) is 19.1 Å². The number of nitro groups is 1. The van der Waals surface area contributed by atoms with Crippen molar-refractivity contribution in [2.75, 3.05) is 13.2 Å². The Morgan fingerprint density at radius 2 is 2.00 bits per heavy atom. The van der Waals surface area contributed by atoms with Crippen LogP contribution >= 0.6 is 0 Å². The fourth-order valence-corrected chi connectivity index (χ4v) is 3.26. The fourth-order valence-electron chi connectivity index (χ4n) is 3.26. The van der Waals surface area contributed by atoms with E-state index >= 15 is 0 Å². The summed E-state index contributed by atoms with van der Waals surface area (Å²) in [5, 5.41) is 11.8. The molecule has 0 unspecified atom stereocenters. The molecule has 0 fully saturated rings. The predicted octanol–water partition coefficient (Wildman–Crippen LogP) is 2.68. The summed E-state index contributed by atoms with van der Waals surface area (Å²) < 4.78 is 9.81. The molecule has 7 heteroatoms. The van der Waals surface area contributed by atoms with Crippen LogP contribution in [0.15, 0.2) is 23.8 Å². The predicted molar refractivity (Wildman–Crippen MR) is 87.8 cm³/mol. The third-order valence-electron chi connectivity index (χ3n) is 4.14. The summed E-state index contributed by atoms with van der Waals surface area (Å²) in [5.41, 5.74) is -0.993. The normalized spacial score (nSPS) is 23.4. The van der Waals surface area contributed by atoms with Crippen molar-refractivity contribution in [1.82, 2.24) is 0 Å². The monoisotopic (exact) mass is 339 g/mol. The van der Waals surface area contributed by atoms with Gasteiger partial charge in [0.1, 0.15) is 0 Å². The Morgan fingerprint density at radius 1 is 1.38 bits per heavy atom. The number of carbonyl (C=O) groups is 2. The first kappa shape index (κ1) is 19.9. The SMILES string of the molecule is CCOC(=O)/C=C/C[C@]1([N+](=O)[O-])CC=C(C(=O)OCC)[C@H]1C(C)C. The molecule has 134 valence electrons. The number of esters is 2. The van der Waals surface area contributed by atoms with Gasteiger partial charge in [0.2, 0.25) is 5.54 Å². The van der Waals surface area contributed by atoms with Crippen molar-refractivity contribution < 1.29 is 24.0 Å². The van der Waals surface area contributed by atoms with E-state index in [9.17, 15) is 19.7 Å². The van der Waals surface area contributed by atoms with Crippen LogP contribution in [0.5, 0.6) is 0 Å². The minimum absolute atomic E-state index is 0.0427. The summed E-state index contributed by atoms with van der Waals surface area (Å²) in [6.07, 6.45) is 4.43. The van der Waals surface area contributed by atoms with Crippen molar-refractivity contribution in [2.24, 2.45) is 11.8 Å². The molecule has 2 atom stereocenters. The average Bonchev–Trinajstić information content (AvgIpc) is 2.89. The second-order valence-corrected chi connectivity index (χ2v) is 6.02. The molecular weight excluding hydrogens is 314 g/mol. The van der Waals surface area contributed by atoms with E-state index in [0.717, 1.165) is 0 Å². The second kappa shape index (κ2) is 8.61. The van der Waals surface area contributed by atoms with E-state index in [1.165, 1.54) is 12.2 Å². The maximum absolute atomic E-state index is 12.1. The van der Waals surface area contributed by atoms with Crippen molar-refractivity contribution in [3.63, 3.8) is 0 Å². The van der Waals surface area contributed by atoms with Crippen LogP contribution in [0.2, 0.25) is 0 Å². The molecule has 0 amide bonds. The van der Waals surface area contributed by atoms with Gasteiger partial charge in [0.05, 0.1) is 19.1 Å². The Morgan fingerprint density at radius 3 is 2.50 bits per heavy atom. The fraction of sp³-hybridized carbons (Fsp3) is 0.647. The number of carbonyl (C=O) groups excluding carboxylic acids is 2. The van der Waals surface area contributed by atoms with Gasteiger partial charge >= 0.3 is 11.9 Å². The molecule has 0 aromatic carbocycles. The Kier molecular flexibility index (Phi) is 7.13. The molecule has 0 bridgehead atoms. The quantitative estimate of drug-likeness (QED) is 0.292. The van der Waals surface area contributed by atoms with E-state index in [2.05, 4.69) is 0 Å². The van der Waals surface area contributed by atoms with Crippen molar-refractivity contribution in [1.29, 1.82) is 0 Å². The van der Waals surface area contributed by atoms with Crippen molar-refractivity contribution in [3.8, 4) is 0 Å². The lowest BCUT2D eigenvalue weighted by atomic mass is 9.74. The Hall–Kier alpha value is -2.18. The van der Waals surface area contributed by atoms with Gasteiger partial charge in [-0.3, -0.25) is 10.1 Å². The van der Waals surface area contributed by atoms with Gasteiger partial charge in [-0.1, -0.05) is 26.0 Å². The molecule has 7 nitrogen and oxygen atoms in total. The first-order valence-corrected chi connectivity index (χ1v) is 8.15. The number of hydrogen-bond acceptors (Lipinski definition) is 6. The van der Waals surface area contributed by atoms with Crippen molar-refractivity contribution >= 4 is 11.9 Å². The van der Waals surface area contributed by atoms with Crippen LogP contribution in [-0.4, -0.2) is 35.6 Å². The maximum atomic E-state index is 12.1. The zero-order valence-corrected chi connectivity index (χ0v) is 14.6. The smallest absolute Gasteiger partial charge is 0.334 e. The summed E-state index contributed by atoms with van der Waals surface area (Å²) in [4.78, 5) is 35.0. The highest BCUT2D eigenvalue weighted by molar-refractivity contribution is 5.90. The summed E-state index contributed by atoms with van der Waals surface area (Å²) in [6, 6.07) is 0. The molecule has 0 saturated heterocycles. The van der Waals surface area contributed by atoms with Gasteiger partial charge in [0.25, 0.3) is 0 Å². The van der Waals surface area contributed by atoms with Crippen LogP contribution in [0, 0.1) is 22.0 Å². The highest BCUT2D eigenvalue weighted by Gasteiger charge is 2.56. The lowest BCUT2D eigenvalue weighted by Gasteiger charge is -2.30. The molecule has 1 aliphatic rings. The van der Waals surface area contributed by atoms with Gasteiger partial charge < -0.3 is 9.47 Å². The molecule has 0 aliphatic heterocycles. The van der Waals surface area contributed by atoms with Crippen LogP contribution in [0.4, 0.5) is 0 Å². The molecule has 1 rings (SSSR count). The molecular formula is C17H25NO6. The topological polar surface area (TPSA) is 95.7 Å². The molecule has 0 radical (unpaired) electrons. The minimum atomic E-state index is -1.35. The number of nitrogens with zero attached hydrogens (tertiary/aromatic N) is 1. The van der Waals surface area contributed by atoms with E-state index in [1.807, 2.05) is 13.8 Å². The number of rotatable bonds is 8. The Labute approximate surface area is 141 Å². The van der Waals surface area contributed by atoms with Crippen LogP contribution in [0.25, 0.3) is 0 Å². The van der Waals surface area contributed by atoms with Crippen molar-refractivity contribution in [2.45, 2.75) is 46.1 Å². The highest BCUT2D eigenvalue weighted by atomic mass is 16.6. The average molecular weight is 339 g/mol. The first-order chi connectivity index (χ1) is 11.3. The third-order valence-corrected chi connectivity index (χ3v) is 4.14. The van der Waals surface area contributed by atoms with Gasteiger partial charge in [0, 0.05) is 29.4 Å². The van der Waals surface area contributed by atoms with Gasteiger partial charge in [-0.25, -0.2) is 9.59 Å². The van der Waals surface area contributed by atoms with Gasteiger partial charge in [-0.15, -0.1) is 0 Å². The zero-order valence-electron chi connectivity index (χ0n) is 14.6. The largest absolute Gasteiger partial charge is 0.463 e. The molecule has 0 saturated carbocycles. The van der Waals surface area contributed by atoms with E-state index < -0.39 is 23.4 Å². The van der Waals surface area contributed by atoms with E-state index in [4.69, 9.17) is 9.47 Å². The number of ether oxygens (including phenoxy) is 2. The first-order valence-electron chi connectivity index (χ1n) is 8.15. The second-order valence-electron chi connectivity index (χ2n) is 6.02. The molecule has 0 aromatic heterocycles. The van der Waals surface area contributed by atoms with Crippen molar-refractivity contribution in [3.05, 3.63) is 33.9 Å². The summed E-state index contributed by atoms with van der Waals surface area (Å²) in [5.74, 6) is -1.73. The molecule has 24 heavy (non-hydrogen) atoms. The molecule has 0 heterocycles. The standard InChI is InChI=1S/C17H25NO6/c1-5-23-14(19)8-7-10-17(18(21)22)11-9-13(15(17)12(3)4)16(20)24-6-2/h7-9,12,15H,5-6,10-11H2,1-4H3/b8-7+/t15-,17+/m1/s1. The van der Waals surface area contributed by atoms with Crippen LogP contribution < -0.4 is 0 Å². The van der Waals surface area contributed by atoms with Crippen LogP contribution in [0.1, 0.15) is 40.5 Å². The molecule has 0 aromatic rings. The van der Waals surface area contributed by atoms with Gasteiger partial charge in [-0.05, 0) is 19.8 Å². The van der Waals surface area contributed by atoms with Gasteiger partial charge in [-0.2, -0.15) is 0 Å². The summed E-state index contributed by atoms with van der Waals surface area (Å²) >= 11 is 0. The minimum Gasteiger partial charge on any atom is -0.463 e. The summed E-state index contributed by atoms with van der Waals surface area (Å²) in [7, 11) is 0. The Balaban J connectivity index is 3.07. The van der Waals surface area contributed by atoms with Gasteiger partial charge in [0.15, 0.2) is 0 Å². The van der Waals surface area contributed by atoms with E-state index in [1.54, 1.807) is 19.9 Å². The lowest BCUT2D eigenvalue weighted by molar-refractivity contribution is -0.577. The molecule has 1 aliphatic carbocycles. The molecule has 0 spiro atoms.